The lowest BCUT2D eigenvalue weighted by Gasteiger charge is -2.14. The second-order valence-electron chi connectivity index (χ2n) is 12.9. The number of amides is 4. The zero-order valence-corrected chi connectivity index (χ0v) is 37.2. The first-order chi connectivity index (χ1) is 29.1. The van der Waals surface area contributed by atoms with E-state index in [2.05, 4.69) is 68.1 Å². The van der Waals surface area contributed by atoms with Crippen molar-refractivity contribution in [2.24, 2.45) is 10.7 Å². The minimum Gasteiger partial charge on any atom is -0.384 e. The number of aliphatic imine (C=N–C) groups is 1. The monoisotopic (exact) mass is 1020 g/mol. The highest BCUT2D eigenvalue weighted by atomic mass is 79.9. The van der Waals surface area contributed by atoms with Crippen LogP contribution in [0.3, 0.4) is 0 Å². The third-order valence-electron chi connectivity index (χ3n) is 8.44. The Morgan fingerprint density at radius 2 is 0.968 bits per heavy atom. The highest BCUT2D eigenvalue weighted by molar-refractivity contribution is 9.10. The van der Waals surface area contributed by atoms with Crippen LogP contribution in [0.1, 0.15) is 67.4 Å². The van der Waals surface area contributed by atoms with Crippen LogP contribution in [0, 0.1) is 5.41 Å². The summed E-state index contributed by atoms with van der Waals surface area (Å²) in [7, 11) is 5.15. The summed E-state index contributed by atoms with van der Waals surface area (Å²) in [5.74, 6) is -0.194. The van der Waals surface area contributed by atoms with Crippen LogP contribution >= 0.6 is 55.1 Å². The van der Waals surface area contributed by atoms with Crippen molar-refractivity contribution in [3.8, 4) is 0 Å². The third kappa shape index (κ3) is 14.3. The molecule has 0 bridgehead atoms. The van der Waals surface area contributed by atoms with Gasteiger partial charge in [0.25, 0.3) is 23.6 Å². The molecule has 6 aromatic rings. The number of anilines is 4. The Morgan fingerprint density at radius 3 is 1.32 bits per heavy atom. The number of amidine groups is 2. The Hall–Kier alpha value is -6.46. The molecule has 0 aliphatic rings. The molecular formula is C45H44Br2Cl2N10O4. The van der Waals surface area contributed by atoms with E-state index in [1.807, 2.05) is 0 Å². The number of benzene rings is 4. The third-order valence-corrected chi connectivity index (χ3v) is 9.87. The maximum absolute atomic E-state index is 12.8. The fraction of sp³-hybridized carbons (Fsp3) is 0.111. The van der Waals surface area contributed by atoms with Crippen LogP contribution in [0.2, 0.25) is 10.0 Å². The molecule has 0 aliphatic carbocycles. The number of aromatic nitrogens is 2. The average Bonchev–Trinajstić information content (AvgIpc) is 3.26. The molecule has 2 aromatic heterocycles. The Labute approximate surface area is 392 Å². The first-order valence-electron chi connectivity index (χ1n) is 17.9. The van der Waals surface area contributed by atoms with Crippen molar-refractivity contribution < 1.29 is 19.2 Å². The SMILES string of the molecule is C.C.CN(C)C(=N)c1ccc(C(=O)Nc2ccc(Br)cc2C(=O)Nc2ccc(Cl)cn2)cc1.CN=C(N)c1ccc(C(=O)Nc2ccc(Br)cc2C(=O)Nc2ccc(Cl)cn2)cc1. The van der Waals surface area contributed by atoms with Crippen LogP contribution in [0.25, 0.3) is 0 Å². The Bertz CT molecular complexity index is 2610. The number of pyridine rings is 2. The fourth-order valence-corrected chi connectivity index (χ4v) is 6.19. The molecule has 14 nitrogen and oxygen atoms in total. The molecule has 0 saturated carbocycles. The summed E-state index contributed by atoms with van der Waals surface area (Å²) in [6, 6.07) is 29.8. The number of nitrogens with two attached hydrogens (primary N) is 1. The molecule has 6 rings (SSSR count). The van der Waals surface area contributed by atoms with Gasteiger partial charge in [0, 0.05) is 64.7 Å². The largest absolute Gasteiger partial charge is 0.384 e. The van der Waals surface area contributed by atoms with E-state index in [-0.39, 0.29) is 37.8 Å². The van der Waals surface area contributed by atoms with Crippen molar-refractivity contribution in [1.29, 1.82) is 5.41 Å². The van der Waals surface area contributed by atoms with Gasteiger partial charge in [-0.3, -0.25) is 29.6 Å². The summed E-state index contributed by atoms with van der Waals surface area (Å²) in [6.07, 6.45) is 2.86. The average molecular weight is 1020 g/mol. The second-order valence-corrected chi connectivity index (χ2v) is 15.6. The van der Waals surface area contributed by atoms with E-state index in [1.165, 1.54) is 12.4 Å². The van der Waals surface area contributed by atoms with E-state index >= 15 is 0 Å². The maximum atomic E-state index is 12.8. The van der Waals surface area contributed by atoms with Gasteiger partial charge in [0.15, 0.2) is 0 Å². The van der Waals surface area contributed by atoms with Crippen LogP contribution in [0.4, 0.5) is 23.0 Å². The van der Waals surface area contributed by atoms with Crippen molar-refractivity contribution in [1.82, 2.24) is 14.9 Å². The van der Waals surface area contributed by atoms with Gasteiger partial charge in [0.1, 0.15) is 23.3 Å². The van der Waals surface area contributed by atoms with Crippen molar-refractivity contribution in [3.05, 3.63) is 174 Å². The minimum atomic E-state index is -0.429. The molecule has 63 heavy (non-hydrogen) atoms. The van der Waals surface area contributed by atoms with Gasteiger partial charge in [-0.15, -0.1) is 0 Å². The lowest BCUT2D eigenvalue weighted by molar-refractivity contribution is 0.101. The first kappa shape index (κ1) is 50.9. The van der Waals surface area contributed by atoms with Crippen molar-refractivity contribution in [3.63, 3.8) is 0 Å². The highest BCUT2D eigenvalue weighted by Crippen LogP contribution is 2.25. The minimum absolute atomic E-state index is 0. The van der Waals surface area contributed by atoms with E-state index in [9.17, 15) is 19.2 Å². The van der Waals surface area contributed by atoms with Gasteiger partial charge in [0.2, 0.25) is 0 Å². The van der Waals surface area contributed by atoms with E-state index in [1.54, 1.807) is 135 Å². The molecule has 0 spiro atoms. The van der Waals surface area contributed by atoms with E-state index in [0.717, 1.165) is 0 Å². The summed E-state index contributed by atoms with van der Waals surface area (Å²) in [5, 5.41) is 19.8. The lowest BCUT2D eigenvalue weighted by atomic mass is 10.1. The van der Waals surface area contributed by atoms with Gasteiger partial charge in [-0.1, -0.05) is 94.2 Å². The molecule has 0 radical (unpaired) electrons. The van der Waals surface area contributed by atoms with Crippen LogP contribution in [-0.4, -0.2) is 71.3 Å². The quantitative estimate of drug-likeness (QED) is 0.0573. The van der Waals surface area contributed by atoms with E-state index < -0.39 is 11.8 Å². The first-order valence-corrected chi connectivity index (χ1v) is 20.2. The summed E-state index contributed by atoms with van der Waals surface area (Å²) < 4.78 is 1.37. The molecule has 4 amide bonds. The summed E-state index contributed by atoms with van der Waals surface area (Å²) in [5.41, 5.74) is 9.25. The zero-order chi connectivity index (χ0) is 44.2. The zero-order valence-electron chi connectivity index (χ0n) is 32.6. The number of nitrogens with zero attached hydrogens (tertiary/aromatic N) is 4. The molecule has 0 aliphatic heterocycles. The summed E-state index contributed by atoms with van der Waals surface area (Å²) >= 11 is 18.3. The predicted octanol–water partition coefficient (Wildman–Crippen LogP) is 10.5. The van der Waals surface area contributed by atoms with Crippen LogP contribution in [-0.2, 0) is 0 Å². The number of carbonyl (C=O) groups excluding carboxylic acids is 4. The Balaban J connectivity index is 0.000000325. The standard InChI is InChI=1S/C22H19BrClN5O2.C21H17BrClN5O2.2CH4/c1-29(2)20(25)13-3-5-14(6-4-13)21(30)27-18-9-7-15(23)11-17(18)22(31)28-19-10-8-16(24)12-26-19;1-25-19(24)12-2-4-13(5-3-12)20(29)27-17-8-6-14(22)10-16(17)21(30)28-18-9-7-15(23)11-26-18;;/h3-12,25H,1-2H3,(H,27,30)(H,26,28,31);2-11H,1H3,(H2,24,25)(H,27,29)(H,26,28,30);2*1H4. The number of halogens is 4. The van der Waals surface area contributed by atoms with Gasteiger partial charge in [-0.2, -0.15) is 0 Å². The smallest absolute Gasteiger partial charge is 0.258 e. The van der Waals surface area contributed by atoms with Gasteiger partial charge in [-0.25, -0.2) is 9.97 Å². The molecule has 326 valence electrons. The summed E-state index contributed by atoms with van der Waals surface area (Å²) in [4.78, 5) is 64.7. The number of nitrogens with one attached hydrogen (secondary N) is 5. The van der Waals surface area contributed by atoms with Gasteiger partial charge < -0.3 is 31.9 Å². The van der Waals surface area contributed by atoms with Gasteiger partial charge >= 0.3 is 0 Å². The number of carbonyl (C=O) groups is 4. The van der Waals surface area contributed by atoms with Crippen molar-refractivity contribution in [2.75, 3.05) is 42.4 Å². The molecule has 4 aromatic carbocycles. The van der Waals surface area contributed by atoms with Gasteiger partial charge in [0.05, 0.1) is 32.5 Å². The van der Waals surface area contributed by atoms with E-state index in [4.69, 9.17) is 34.3 Å². The topological polar surface area (TPSA) is 208 Å². The molecule has 7 N–H and O–H groups in total. The maximum Gasteiger partial charge on any atom is 0.258 e. The van der Waals surface area contributed by atoms with Crippen LogP contribution in [0.5, 0.6) is 0 Å². The molecule has 0 unspecified atom stereocenters. The molecule has 18 heteroatoms. The second kappa shape index (κ2) is 23.7. The predicted molar refractivity (Wildman–Crippen MR) is 262 cm³/mol. The fourth-order valence-electron chi connectivity index (χ4n) is 5.24. The number of rotatable bonds is 10. The molecule has 0 fully saturated rings. The molecule has 0 atom stereocenters. The number of hydrogen-bond acceptors (Lipinski definition) is 8. The van der Waals surface area contributed by atoms with Crippen molar-refractivity contribution >= 4 is 113 Å². The molecular weight excluding hydrogens is 975 g/mol. The lowest BCUT2D eigenvalue weighted by Crippen LogP contribution is -2.22. The normalized spacial score (nSPS) is 10.4. The van der Waals surface area contributed by atoms with Crippen LogP contribution in [0.15, 0.2) is 136 Å². The highest BCUT2D eigenvalue weighted by Gasteiger charge is 2.18. The Morgan fingerprint density at radius 1 is 0.587 bits per heavy atom. The summed E-state index contributed by atoms with van der Waals surface area (Å²) in [6.45, 7) is 0. The molecule has 2 heterocycles. The number of hydrogen-bond donors (Lipinski definition) is 6. The molecule has 0 saturated heterocycles. The Kier molecular flexibility index (Phi) is 19.1. The van der Waals surface area contributed by atoms with Crippen molar-refractivity contribution in [2.45, 2.75) is 14.9 Å². The van der Waals surface area contributed by atoms with Gasteiger partial charge in [-0.05, 0) is 84.9 Å². The van der Waals surface area contributed by atoms with E-state index in [0.29, 0.717) is 75.9 Å². The van der Waals surface area contributed by atoms with Crippen LogP contribution < -0.4 is 27.0 Å².